The normalized spacial score (nSPS) is 13.7. The van der Waals surface area contributed by atoms with Gasteiger partial charge in [0.1, 0.15) is 6.54 Å². The number of carbonyl (C=O) groups is 1. The van der Waals surface area contributed by atoms with Crippen LogP contribution in [0.2, 0.25) is 0 Å². The second-order valence-corrected chi connectivity index (χ2v) is 5.02. The Hall–Kier alpha value is -2.19. The van der Waals surface area contributed by atoms with E-state index in [2.05, 4.69) is 36.6 Å². The molecule has 0 spiro atoms. The Morgan fingerprint density at radius 3 is 3.00 bits per heavy atom. The van der Waals surface area contributed by atoms with Crippen molar-refractivity contribution in [2.45, 2.75) is 0 Å². The lowest BCUT2D eigenvalue weighted by Gasteiger charge is -2.30. The first kappa shape index (κ1) is 12.8. The van der Waals surface area contributed by atoms with Gasteiger partial charge in [-0.05, 0) is 28.1 Å². The zero-order valence-corrected chi connectivity index (χ0v) is 11.9. The summed E-state index contributed by atoms with van der Waals surface area (Å²) < 4.78 is 0.681. The number of carbonyl (C=O) groups excluding carboxylic acids is 1. The van der Waals surface area contributed by atoms with Crippen molar-refractivity contribution < 1.29 is 4.79 Å². The molecule has 8 heteroatoms. The minimum atomic E-state index is -0.100. The Balaban J connectivity index is 2.12. The topological polar surface area (TPSA) is 96.2 Å². The fourth-order valence-electron chi connectivity index (χ4n) is 2.04. The molecule has 0 aliphatic carbocycles. The lowest BCUT2D eigenvalue weighted by atomic mass is 10.2. The van der Waals surface area contributed by atoms with Crippen molar-refractivity contribution in [1.29, 1.82) is 0 Å². The Labute approximate surface area is 123 Å². The van der Waals surface area contributed by atoms with Crippen LogP contribution in [-0.4, -0.2) is 22.4 Å². The van der Waals surface area contributed by atoms with E-state index < -0.39 is 0 Å². The van der Waals surface area contributed by atoms with E-state index in [1.165, 1.54) is 0 Å². The maximum Gasteiger partial charge on any atom is 0.244 e. The van der Waals surface area contributed by atoms with Crippen LogP contribution in [-0.2, 0) is 4.79 Å². The number of nitrogens with zero attached hydrogens (tertiary/aromatic N) is 3. The van der Waals surface area contributed by atoms with Crippen molar-refractivity contribution in [2.24, 2.45) is 5.84 Å². The van der Waals surface area contributed by atoms with Gasteiger partial charge in [-0.3, -0.25) is 10.2 Å². The quantitative estimate of drug-likeness (QED) is 0.570. The molecule has 1 aliphatic rings. The van der Waals surface area contributed by atoms with Gasteiger partial charge in [-0.2, -0.15) is 4.98 Å². The standard InChI is InChI=1S/C12H11BrN6O/c13-7-5-15-12(18-14)17-11(7)19-6-10(20)16-8-3-1-2-4-9(8)19/h1-5H,6,14H2,(H,16,20)(H,15,17,18). The summed E-state index contributed by atoms with van der Waals surface area (Å²) in [5.74, 6) is 6.09. The smallest absolute Gasteiger partial charge is 0.244 e. The summed E-state index contributed by atoms with van der Waals surface area (Å²) in [7, 11) is 0. The first-order chi connectivity index (χ1) is 9.69. The number of nitrogens with one attached hydrogen (secondary N) is 2. The molecule has 0 bridgehead atoms. The number of hydrogen-bond acceptors (Lipinski definition) is 6. The number of nitrogens with two attached hydrogens (primary N) is 1. The highest BCUT2D eigenvalue weighted by Gasteiger charge is 2.25. The number of fused-ring (bicyclic) bond motifs is 1. The van der Waals surface area contributed by atoms with Crippen LogP contribution in [0.5, 0.6) is 0 Å². The Morgan fingerprint density at radius 2 is 2.20 bits per heavy atom. The van der Waals surface area contributed by atoms with Crippen LogP contribution in [0.15, 0.2) is 34.9 Å². The van der Waals surface area contributed by atoms with E-state index in [1.807, 2.05) is 24.3 Å². The number of rotatable bonds is 2. The summed E-state index contributed by atoms with van der Waals surface area (Å²) in [5.41, 5.74) is 4.02. The van der Waals surface area contributed by atoms with Gasteiger partial charge >= 0.3 is 0 Å². The van der Waals surface area contributed by atoms with E-state index in [4.69, 9.17) is 5.84 Å². The van der Waals surface area contributed by atoms with Gasteiger partial charge in [0.2, 0.25) is 11.9 Å². The maximum absolute atomic E-state index is 11.8. The van der Waals surface area contributed by atoms with E-state index in [0.29, 0.717) is 10.3 Å². The molecule has 1 aliphatic heterocycles. The number of benzene rings is 1. The molecule has 4 N–H and O–H groups in total. The fourth-order valence-corrected chi connectivity index (χ4v) is 2.44. The van der Waals surface area contributed by atoms with Crippen LogP contribution in [0, 0.1) is 0 Å². The highest BCUT2D eigenvalue weighted by molar-refractivity contribution is 9.10. The van der Waals surface area contributed by atoms with Gasteiger partial charge in [0.05, 0.1) is 15.8 Å². The molecule has 0 unspecified atom stereocenters. The molecular formula is C12H11BrN6O. The molecule has 20 heavy (non-hydrogen) atoms. The van der Waals surface area contributed by atoms with Crippen molar-refractivity contribution in [3.63, 3.8) is 0 Å². The highest BCUT2D eigenvalue weighted by Crippen LogP contribution is 2.37. The van der Waals surface area contributed by atoms with Crippen LogP contribution < -0.4 is 21.5 Å². The number of hydrazine groups is 1. The molecule has 2 aromatic rings. The summed E-state index contributed by atoms with van der Waals surface area (Å²) in [6, 6.07) is 7.53. The first-order valence-corrected chi connectivity index (χ1v) is 6.64. The number of para-hydroxylation sites is 2. The van der Waals surface area contributed by atoms with E-state index >= 15 is 0 Å². The molecule has 1 aromatic heterocycles. The molecule has 3 rings (SSSR count). The van der Waals surface area contributed by atoms with E-state index in [-0.39, 0.29) is 18.4 Å². The van der Waals surface area contributed by atoms with Crippen molar-refractivity contribution >= 4 is 45.0 Å². The number of anilines is 4. The predicted octanol–water partition coefficient (Wildman–Crippen LogP) is 1.61. The second-order valence-electron chi connectivity index (χ2n) is 4.16. The molecular weight excluding hydrogens is 324 g/mol. The van der Waals surface area contributed by atoms with Gasteiger partial charge in [0.15, 0.2) is 5.82 Å². The van der Waals surface area contributed by atoms with Gasteiger partial charge in [-0.1, -0.05) is 12.1 Å². The van der Waals surface area contributed by atoms with E-state index in [1.54, 1.807) is 11.1 Å². The third kappa shape index (κ3) is 2.19. The predicted molar refractivity (Wildman–Crippen MR) is 79.6 cm³/mol. The van der Waals surface area contributed by atoms with Crippen molar-refractivity contribution in [2.75, 3.05) is 22.2 Å². The molecule has 2 heterocycles. The number of amides is 1. The monoisotopic (exact) mass is 334 g/mol. The average Bonchev–Trinajstić information content (AvgIpc) is 2.47. The largest absolute Gasteiger partial charge is 0.323 e. The van der Waals surface area contributed by atoms with Gasteiger partial charge in [0.25, 0.3) is 0 Å². The summed E-state index contributed by atoms with van der Waals surface area (Å²) in [4.78, 5) is 21.9. The molecule has 0 saturated carbocycles. The second kappa shape index (κ2) is 5.06. The number of aromatic nitrogens is 2. The van der Waals surface area contributed by atoms with Crippen molar-refractivity contribution in [3.05, 3.63) is 34.9 Å². The highest BCUT2D eigenvalue weighted by atomic mass is 79.9. The molecule has 0 fully saturated rings. The van der Waals surface area contributed by atoms with Crippen LogP contribution >= 0.6 is 15.9 Å². The first-order valence-electron chi connectivity index (χ1n) is 5.84. The molecule has 1 amide bonds. The average molecular weight is 335 g/mol. The third-order valence-corrected chi connectivity index (χ3v) is 3.44. The molecule has 0 atom stereocenters. The van der Waals surface area contributed by atoms with E-state index in [0.717, 1.165) is 11.4 Å². The molecule has 102 valence electrons. The summed E-state index contributed by atoms with van der Waals surface area (Å²) in [5, 5.41) is 2.83. The van der Waals surface area contributed by atoms with Crippen LogP contribution in [0.25, 0.3) is 0 Å². The number of halogens is 1. The lowest BCUT2D eigenvalue weighted by molar-refractivity contribution is -0.115. The van der Waals surface area contributed by atoms with Gasteiger partial charge in [-0.25, -0.2) is 10.8 Å². The van der Waals surface area contributed by atoms with Gasteiger partial charge < -0.3 is 10.2 Å². The molecule has 1 aromatic carbocycles. The van der Waals surface area contributed by atoms with Gasteiger partial charge in [-0.15, -0.1) is 0 Å². The minimum absolute atomic E-state index is 0.100. The fraction of sp³-hybridized carbons (Fsp3) is 0.0833. The minimum Gasteiger partial charge on any atom is -0.323 e. The van der Waals surface area contributed by atoms with Crippen LogP contribution in [0.4, 0.5) is 23.1 Å². The van der Waals surface area contributed by atoms with Crippen LogP contribution in [0.1, 0.15) is 0 Å². The zero-order chi connectivity index (χ0) is 14.1. The number of hydrogen-bond donors (Lipinski definition) is 3. The Bertz CT molecular complexity index is 677. The molecule has 7 nitrogen and oxygen atoms in total. The van der Waals surface area contributed by atoms with E-state index in [9.17, 15) is 4.79 Å². The molecule has 0 saturated heterocycles. The number of nitrogen functional groups attached to an aromatic ring is 1. The Morgan fingerprint density at radius 1 is 1.40 bits per heavy atom. The summed E-state index contributed by atoms with van der Waals surface area (Å²) in [6.07, 6.45) is 1.59. The van der Waals surface area contributed by atoms with Crippen molar-refractivity contribution in [1.82, 2.24) is 9.97 Å². The van der Waals surface area contributed by atoms with Crippen LogP contribution in [0.3, 0.4) is 0 Å². The lowest BCUT2D eigenvalue weighted by Crippen LogP contribution is -2.35. The molecule has 0 radical (unpaired) electrons. The maximum atomic E-state index is 11.8. The Kier molecular flexibility index (Phi) is 3.25. The summed E-state index contributed by atoms with van der Waals surface area (Å²) in [6.45, 7) is 0.177. The summed E-state index contributed by atoms with van der Waals surface area (Å²) >= 11 is 3.40. The SMILES string of the molecule is NNc1ncc(Br)c(N2CC(=O)Nc3ccccc32)n1. The van der Waals surface area contributed by atoms with Crippen molar-refractivity contribution in [3.8, 4) is 0 Å². The zero-order valence-electron chi connectivity index (χ0n) is 10.3. The third-order valence-electron chi connectivity index (χ3n) is 2.88. The van der Waals surface area contributed by atoms with Gasteiger partial charge in [0, 0.05) is 6.20 Å².